The molecule has 0 aliphatic carbocycles. The Morgan fingerprint density at radius 3 is 3.14 bits per heavy atom. The summed E-state index contributed by atoms with van der Waals surface area (Å²) in [5.41, 5.74) is 3.81. The molecular weight excluding hydrogens is 312 g/mol. The third-order valence-corrected chi connectivity index (χ3v) is 5.69. The van der Waals surface area contributed by atoms with Crippen molar-refractivity contribution in [3.63, 3.8) is 0 Å². The molecule has 6 heteroatoms. The second-order valence-corrected chi connectivity index (χ2v) is 8.01. The molecule has 114 valence electrons. The Morgan fingerprint density at radius 2 is 2.23 bits per heavy atom. The second kappa shape index (κ2) is 5.35. The van der Waals surface area contributed by atoms with E-state index in [1.165, 1.54) is 16.9 Å². The fourth-order valence-corrected chi connectivity index (χ4v) is 4.76. The number of rotatable bonds is 2. The second-order valence-electron chi connectivity index (χ2n) is 6.21. The zero-order valence-electron chi connectivity index (χ0n) is 12.7. The number of thioether (sulfide) groups is 2. The van der Waals surface area contributed by atoms with Crippen molar-refractivity contribution in [3.8, 4) is 0 Å². The first-order valence-corrected chi connectivity index (χ1v) is 9.23. The Bertz CT molecular complexity index is 706. The van der Waals surface area contributed by atoms with Gasteiger partial charge in [-0.3, -0.25) is 9.98 Å². The molecule has 1 aromatic rings. The average molecular weight is 330 g/mol. The molecule has 0 spiro atoms. The molecule has 3 aliphatic heterocycles. The number of fused-ring (bicyclic) bond motifs is 2. The summed E-state index contributed by atoms with van der Waals surface area (Å²) in [5, 5.41) is 7.80. The highest BCUT2D eigenvalue weighted by atomic mass is 32.2. The number of benzene rings is 1. The van der Waals surface area contributed by atoms with Crippen LogP contribution in [0.25, 0.3) is 0 Å². The zero-order valence-corrected chi connectivity index (χ0v) is 14.3. The lowest BCUT2D eigenvalue weighted by Gasteiger charge is -2.22. The van der Waals surface area contributed by atoms with Crippen LogP contribution in [0, 0.1) is 0 Å². The molecular formula is C16H18N4S2. The van der Waals surface area contributed by atoms with E-state index in [2.05, 4.69) is 58.7 Å². The summed E-state index contributed by atoms with van der Waals surface area (Å²) in [6, 6.07) is 8.36. The summed E-state index contributed by atoms with van der Waals surface area (Å²) >= 11 is 3.51. The van der Waals surface area contributed by atoms with E-state index in [-0.39, 0.29) is 5.54 Å². The van der Waals surface area contributed by atoms with E-state index in [1.807, 2.05) is 0 Å². The van der Waals surface area contributed by atoms with Gasteiger partial charge in [-0.15, -0.1) is 0 Å². The van der Waals surface area contributed by atoms with E-state index in [4.69, 9.17) is 4.99 Å². The maximum atomic E-state index is 4.76. The topological polar surface area (TPSA) is 40.0 Å². The number of aliphatic imine (C=N–C) groups is 2. The Balaban J connectivity index is 1.39. The summed E-state index contributed by atoms with van der Waals surface area (Å²) < 4.78 is 0. The first-order chi connectivity index (χ1) is 10.6. The van der Waals surface area contributed by atoms with Gasteiger partial charge in [-0.05, 0) is 30.9 Å². The smallest absolute Gasteiger partial charge is 0.168 e. The molecule has 0 fully saturated rings. The van der Waals surface area contributed by atoms with Gasteiger partial charge in [0.15, 0.2) is 10.3 Å². The molecule has 0 amide bonds. The highest BCUT2D eigenvalue weighted by Crippen LogP contribution is 2.36. The number of para-hydroxylation sites is 1. The van der Waals surface area contributed by atoms with Gasteiger partial charge in [0.25, 0.3) is 0 Å². The average Bonchev–Trinajstić information content (AvgIpc) is 3.00. The van der Waals surface area contributed by atoms with Crippen LogP contribution in [0.2, 0.25) is 0 Å². The Morgan fingerprint density at radius 1 is 1.36 bits per heavy atom. The van der Waals surface area contributed by atoms with Crippen molar-refractivity contribution in [3.05, 3.63) is 40.9 Å². The van der Waals surface area contributed by atoms with Gasteiger partial charge in [-0.2, -0.15) is 0 Å². The molecule has 3 heterocycles. The maximum absolute atomic E-state index is 4.76. The monoisotopic (exact) mass is 330 g/mol. The largest absolute Gasteiger partial charge is 0.335 e. The molecule has 1 aromatic carbocycles. The van der Waals surface area contributed by atoms with Crippen LogP contribution in [-0.2, 0) is 6.54 Å². The summed E-state index contributed by atoms with van der Waals surface area (Å²) in [6.45, 7) is 6.12. The third kappa shape index (κ3) is 2.65. The molecule has 3 aliphatic rings. The van der Waals surface area contributed by atoms with Gasteiger partial charge >= 0.3 is 0 Å². The minimum atomic E-state index is 0.0338. The van der Waals surface area contributed by atoms with Crippen molar-refractivity contribution in [1.82, 2.24) is 4.90 Å². The Hall–Kier alpha value is -1.40. The van der Waals surface area contributed by atoms with Gasteiger partial charge in [-0.25, -0.2) is 0 Å². The van der Waals surface area contributed by atoms with Crippen LogP contribution in [0.4, 0.5) is 5.69 Å². The Kier molecular flexibility index (Phi) is 3.46. The lowest BCUT2D eigenvalue weighted by molar-refractivity contribution is 0.436. The number of nitrogens with one attached hydrogen (secondary N) is 1. The van der Waals surface area contributed by atoms with Crippen molar-refractivity contribution < 1.29 is 0 Å². The number of hydrogen-bond acceptors (Lipinski definition) is 6. The van der Waals surface area contributed by atoms with Crippen LogP contribution >= 0.6 is 23.5 Å². The molecule has 22 heavy (non-hydrogen) atoms. The highest BCUT2D eigenvalue weighted by Gasteiger charge is 2.36. The number of nitrogens with zero attached hydrogens (tertiary/aromatic N) is 3. The first-order valence-electron chi connectivity index (χ1n) is 7.36. The number of anilines is 1. The van der Waals surface area contributed by atoms with Crippen LogP contribution in [0.5, 0.6) is 0 Å². The predicted molar refractivity (Wildman–Crippen MR) is 97.6 cm³/mol. The van der Waals surface area contributed by atoms with Crippen molar-refractivity contribution in [2.75, 3.05) is 17.6 Å². The SMILES string of the molecule is CC1(C)CN2C(CSC3=NCc4ccccc4N3)=CSC2=N1. The standard InChI is InChI=1S/C16H18N4S2/c1-16(2)10-20-12(9-22-15(20)19-16)8-21-14-17-7-11-5-3-4-6-13(11)18-14/h3-6,9H,7-8,10H2,1-2H3,(H,17,18). The van der Waals surface area contributed by atoms with E-state index >= 15 is 0 Å². The fourth-order valence-electron chi connectivity index (χ4n) is 2.74. The molecule has 4 rings (SSSR count). The van der Waals surface area contributed by atoms with Crippen LogP contribution in [0.15, 0.2) is 45.4 Å². The summed E-state index contributed by atoms with van der Waals surface area (Å²) in [7, 11) is 0. The van der Waals surface area contributed by atoms with Crippen molar-refractivity contribution >= 4 is 39.5 Å². The zero-order chi connectivity index (χ0) is 15.2. The van der Waals surface area contributed by atoms with Crippen LogP contribution in [-0.4, -0.2) is 33.1 Å². The minimum Gasteiger partial charge on any atom is -0.335 e. The van der Waals surface area contributed by atoms with Gasteiger partial charge in [-0.1, -0.05) is 41.7 Å². The summed E-state index contributed by atoms with van der Waals surface area (Å²) in [6.07, 6.45) is 0. The molecule has 0 bridgehead atoms. The normalized spacial score (nSPS) is 21.5. The van der Waals surface area contributed by atoms with Gasteiger partial charge in [0.1, 0.15) is 0 Å². The third-order valence-electron chi connectivity index (χ3n) is 3.83. The first kappa shape index (κ1) is 14.2. The minimum absolute atomic E-state index is 0.0338. The van der Waals surface area contributed by atoms with Crippen LogP contribution in [0.1, 0.15) is 19.4 Å². The van der Waals surface area contributed by atoms with Gasteiger partial charge < -0.3 is 10.2 Å². The quantitative estimate of drug-likeness (QED) is 0.897. The molecule has 0 saturated heterocycles. The van der Waals surface area contributed by atoms with Crippen LogP contribution in [0.3, 0.4) is 0 Å². The van der Waals surface area contributed by atoms with Gasteiger partial charge in [0, 0.05) is 23.7 Å². The molecule has 4 nitrogen and oxygen atoms in total. The van der Waals surface area contributed by atoms with E-state index in [0.29, 0.717) is 0 Å². The van der Waals surface area contributed by atoms with E-state index in [9.17, 15) is 0 Å². The maximum Gasteiger partial charge on any atom is 0.168 e. The van der Waals surface area contributed by atoms with E-state index < -0.39 is 0 Å². The summed E-state index contributed by atoms with van der Waals surface area (Å²) in [5.74, 6) is 0.927. The van der Waals surface area contributed by atoms with Crippen molar-refractivity contribution in [2.24, 2.45) is 9.98 Å². The van der Waals surface area contributed by atoms with Gasteiger partial charge in [0.05, 0.1) is 12.1 Å². The fraction of sp³-hybridized carbons (Fsp3) is 0.375. The van der Waals surface area contributed by atoms with Gasteiger partial charge in [0.2, 0.25) is 0 Å². The highest BCUT2D eigenvalue weighted by molar-refractivity contribution is 8.17. The lowest BCUT2D eigenvalue weighted by atomic mass is 10.1. The molecule has 0 atom stereocenters. The van der Waals surface area contributed by atoms with Crippen molar-refractivity contribution in [2.45, 2.75) is 25.9 Å². The molecule has 0 aromatic heterocycles. The molecule has 0 saturated carbocycles. The number of hydrogen-bond donors (Lipinski definition) is 1. The molecule has 1 N–H and O–H groups in total. The lowest BCUT2D eigenvalue weighted by Crippen LogP contribution is -2.29. The van der Waals surface area contributed by atoms with E-state index in [0.717, 1.165) is 29.2 Å². The number of amidine groups is 2. The molecule has 0 radical (unpaired) electrons. The predicted octanol–water partition coefficient (Wildman–Crippen LogP) is 3.74. The Labute approximate surface area is 139 Å². The van der Waals surface area contributed by atoms with E-state index in [1.54, 1.807) is 23.5 Å². The molecule has 0 unspecified atom stereocenters. The van der Waals surface area contributed by atoms with Crippen LogP contribution < -0.4 is 5.32 Å². The summed E-state index contributed by atoms with van der Waals surface area (Å²) in [4.78, 5) is 11.7. The van der Waals surface area contributed by atoms with Crippen molar-refractivity contribution in [1.29, 1.82) is 0 Å².